The van der Waals surface area contributed by atoms with Crippen LogP contribution >= 0.6 is 0 Å². The fourth-order valence-electron chi connectivity index (χ4n) is 3.67. The summed E-state index contributed by atoms with van der Waals surface area (Å²) in [5, 5.41) is 12.4. The largest absolute Gasteiger partial charge is 0.505 e. The van der Waals surface area contributed by atoms with Gasteiger partial charge in [0, 0.05) is 14.1 Å². The number of nitrogens with zero attached hydrogens (tertiary/aromatic N) is 3. The average molecular weight is 367 g/mol. The third-order valence-electron chi connectivity index (χ3n) is 5.52. The Morgan fingerprint density at radius 1 is 1.04 bits per heavy atom. The van der Waals surface area contributed by atoms with Gasteiger partial charge < -0.3 is 10.0 Å². The molecule has 0 radical (unpaired) electrons. The topological polar surface area (TPSA) is 65.3 Å². The van der Waals surface area contributed by atoms with Crippen LogP contribution in [0.15, 0.2) is 28.2 Å². The number of hydrogen-bond donors (Lipinski definition) is 1. The van der Waals surface area contributed by atoms with Crippen molar-refractivity contribution < 1.29 is 9.90 Å². The maximum atomic E-state index is 12.2. The summed E-state index contributed by atoms with van der Waals surface area (Å²) < 4.78 is 0. The van der Waals surface area contributed by atoms with Crippen LogP contribution in [-0.4, -0.2) is 36.1 Å². The lowest BCUT2D eigenvalue weighted by Gasteiger charge is -2.14. The summed E-state index contributed by atoms with van der Waals surface area (Å²) in [6.07, 6.45) is 7.37. The lowest BCUT2D eigenvalue weighted by Crippen LogP contribution is -2.40. The van der Waals surface area contributed by atoms with Crippen molar-refractivity contribution in [3.05, 3.63) is 45.6 Å². The number of aromatic hydroxyl groups is 1. The second kappa shape index (κ2) is 8.07. The molecule has 1 N–H and O–H groups in total. The van der Waals surface area contributed by atoms with Crippen LogP contribution in [0, 0.1) is 13.8 Å². The van der Waals surface area contributed by atoms with Gasteiger partial charge in [-0.15, -0.1) is 0 Å². The van der Waals surface area contributed by atoms with Gasteiger partial charge in [-0.2, -0.15) is 0 Å². The van der Waals surface area contributed by atoms with Crippen LogP contribution in [-0.2, 0) is 0 Å². The van der Waals surface area contributed by atoms with E-state index < -0.39 is 0 Å². The zero-order chi connectivity index (χ0) is 19.6. The van der Waals surface area contributed by atoms with Gasteiger partial charge in [-0.3, -0.25) is 9.79 Å². The van der Waals surface area contributed by atoms with Gasteiger partial charge in [-0.25, -0.2) is 4.99 Å². The molecule has 2 aromatic rings. The van der Waals surface area contributed by atoms with Crippen LogP contribution in [0.4, 0.5) is 5.69 Å². The molecular weight excluding hydrogens is 338 g/mol. The molecule has 3 rings (SSSR count). The standard InChI is InChI=1S/C22H29N3O2/c1-14-15(2)20(19(14)23-16-10-7-5-6-8-11-16)24-18-13-9-12-17(21(18)26)22(27)25(3)4/h9,12-13,16,26H,5-8,10-11H2,1-4H3. The van der Waals surface area contributed by atoms with Gasteiger partial charge in [0.1, 0.15) is 5.69 Å². The van der Waals surface area contributed by atoms with Gasteiger partial charge in [0.25, 0.3) is 5.91 Å². The van der Waals surface area contributed by atoms with Gasteiger partial charge in [0.15, 0.2) is 5.75 Å². The molecule has 144 valence electrons. The van der Waals surface area contributed by atoms with E-state index in [1.54, 1.807) is 32.3 Å². The van der Waals surface area contributed by atoms with E-state index in [0.29, 0.717) is 11.7 Å². The summed E-state index contributed by atoms with van der Waals surface area (Å²) in [6.45, 7) is 4.11. The summed E-state index contributed by atoms with van der Waals surface area (Å²) in [7, 11) is 3.33. The Hall–Kier alpha value is -2.43. The Bertz CT molecular complexity index is 926. The van der Waals surface area contributed by atoms with E-state index in [1.165, 1.54) is 36.1 Å². The van der Waals surface area contributed by atoms with E-state index in [2.05, 4.69) is 11.9 Å². The normalized spacial score (nSPS) is 17.3. The Balaban J connectivity index is 2.03. The molecule has 0 bridgehead atoms. The summed E-state index contributed by atoms with van der Waals surface area (Å²) in [5.74, 6) is -0.311. The van der Waals surface area contributed by atoms with E-state index in [4.69, 9.17) is 4.99 Å². The highest BCUT2D eigenvalue weighted by atomic mass is 16.3. The molecule has 0 spiro atoms. The van der Waals surface area contributed by atoms with Gasteiger partial charge in [0.2, 0.25) is 0 Å². The number of para-hydroxylation sites is 1. The summed E-state index contributed by atoms with van der Waals surface area (Å²) in [4.78, 5) is 23.4. The number of carbonyl (C=O) groups excluding carboxylic acids is 1. The fraction of sp³-hybridized carbons (Fsp3) is 0.500. The lowest BCUT2D eigenvalue weighted by atomic mass is 10.0. The number of amides is 1. The van der Waals surface area contributed by atoms with Gasteiger partial charge in [0.05, 0.1) is 22.3 Å². The monoisotopic (exact) mass is 367 g/mol. The summed E-state index contributed by atoms with van der Waals surface area (Å²) in [6, 6.07) is 5.48. The number of phenols is 1. The van der Waals surface area contributed by atoms with Crippen molar-refractivity contribution in [3.63, 3.8) is 0 Å². The molecule has 27 heavy (non-hydrogen) atoms. The Morgan fingerprint density at radius 3 is 2.30 bits per heavy atom. The highest BCUT2D eigenvalue weighted by Crippen LogP contribution is 2.30. The minimum Gasteiger partial charge on any atom is -0.505 e. The fourth-order valence-corrected chi connectivity index (χ4v) is 3.67. The smallest absolute Gasteiger partial charge is 0.257 e. The Morgan fingerprint density at radius 2 is 1.67 bits per heavy atom. The quantitative estimate of drug-likeness (QED) is 0.845. The van der Waals surface area contributed by atoms with Crippen molar-refractivity contribution >= 4 is 11.6 Å². The molecule has 0 aromatic heterocycles. The molecule has 1 saturated carbocycles. The van der Waals surface area contributed by atoms with Crippen molar-refractivity contribution in [2.45, 2.75) is 58.4 Å². The predicted octanol–water partition coefficient (Wildman–Crippen LogP) is 3.44. The molecule has 0 unspecified atom stereocenters. The third kappa shape index (κ3) is 3.97. The second-order valence-corrected chi connectivity index (χ2v) is 7.71. The van der Waals surface area contributed by atoms with Crippen molar-refractivity contribution in [2.24, 2.45) is 9.98 Å². The lowest BCUT2D eigenvalue weighted by molar-refractivity contribution is 0.0824. The average Bonchev–Trinajstić information content (AvgIpc) is 2.93. The minimum atomic E-state index is -0.237. The molecule has 0 heterocycles. The molecule has 5 heteroatoms. The molecule has 1 aliphatic rings. The third-order valence-corrected chi connectivity index (χ3v) is 5.52. The maximum Gasteiger partial charge on any atom is 0.257 e. The molecule has 2 aromatic carbocycles. The SMILES string of the molecule is Cc1c(C)c(=NC2CCCCCC2)c1=Nc1cccc(C(=O)N(C)C)c1O. The molecule has 1 amide bonds. The van der Waals surface area contributed by atoms with Gasteiger partial charge in [-0.05, 0) is 49.9 Å². The van der Waals surface area contributed by atoms with Crippen LogP contribution in [0.25, 0.3) is 0 Å². The molecule has 0 aliphatic heterocycles. The van der Waals surface area contributed by atoms with E-state index in [9.17, 15) is 9.90 Å². The number of rotatable bonds is 3. The Kier molecular flexibility index (Phi) is 5.78. The first-order valence-corrected chi connectivity index (χ1v) is 9.79. The minimum absolute atomic E-state index is 0.0742. The first-order valence-electron chi connectivity index (χ1n) is 9.79. The van der Waals surface area contributed by atoms with Crippen molar-refractivity contribution in [3.8, 4) is 5.75 Å². The summed E-state index contributed by atoms with van der Waals surface area (Å²) >= 11 is 0. The highest BCUT2D eigenvalue weighted by Gasteiger charge is 2.18. The van der Waals surface area contributed by atoms with Gasteiger partial charge in [-0.1, -0.05) is 31.7 Å². The number of phenolic OH excluding ortho intramolecular Hbond substituents is 1. The zero-order valence-electron chi connectivity index (χ0n) is 16.7. The van der Waals surface area contributed by atoms with Crippen molar-refractivity contribution in [1.82, 2.24) is 4.90 Å². The summed E-state index contributed by atoms with van der Waals surface area (Å²) in [5.41, 5.74) is 2.96. The molecule has 0 saturated heterocycles. The molecular formula is C22H29N3O2. The first-order chi connectivity index (χ1) is 12.9. The van der Waals surface area contributed by atoms with Crippen LogP contribution in [0.3, 0.4) is 0 Å². The van der Waals surface area contributed by atoms with E-state index in [-0.39, 0.29) is 17.2 Å². The predicted molar refractivity (Wildman–Crippen MR) is 107 cm³/mol. The van der Waals surface area contributed by atoms with Crippen LogP contribution in [0.1, 0.15) is 60.0 Å². The van der Waals surface area contributed by atoms with E-state index in [0.717, 1.165) is 29.1 Å². The molecule has 1 aliphatic carbocycles. The van der Waals surface area contributed by atoms with Crippen molar-refractivity contribution in [2.75, 3.05) is 14.1 Å². The highest BCUT2D eigenvalue weighted by molar-refractivity contribution is 5.98. The molecule has 0 atom stereocenters. The number of benzene rings is 1. The zero-order valence-corrected chi connectivity index (χ0v) is 16.7. The Labute approximate surface area is 160 Å². The van der Waals surface area contributed by atoms with Crippen LogP contribution in [0.5, 0.6) is 5.75 Å². The molecule has 1 fully saturated rings. The second-order valence-electron chi connectivity index (χ2n) is 7.71. The van der Waals surface area contributed by atoms with Crippen LogP contribution < -0.4 is 10.7 Å². The number of hydrogen-bond acceptors (Lipinski definition) is 4. The van der Waals surface area contributed by atoms with E-state index >= 15 is 0 Å². The van der Waals surface area contributed by atoms with Crippen LogP contribution in [0.2, 0.25) is 0 Å². The number of carbonyl (C=O) groups is 1. The van der Waals surface area contributed by atoms with Crippen molar-refractivity contribution in [1.29, 1.82) is 0 Å². The first kappa shape index (κ1) is 19.3. The van der Waals surface area contributed by atoms with Gasteiger partial charge >= 0.3 is 0 Å². The maximum absolute atomic E-state index is 12.2. The van der Waals surface area contributed by atoms with E-state index in [1.807, 2.05) is 6.92 Å². The molecule has 5 nitrogen and oxygen atoms in total.